The highest BCUT2D eigenvalue weighted by molar-refractivity contribution is 6.89. The first kappa shape index (κ1) is 20.2. The van der Waals surface area contributed by atoms with Crippen LogP contribution in [0.25, 0.3) is 0 Å². The van der Waals surface area contributed by atoms with Crippen LogP contribution in [0.3, 0.4) is 0 Å². The van der Waals surface area contributed by atoms with Gasteiger partial charge in [-0.3, -0.25) is 4.79 Å². The lowest BCUT2D eigenvalue weighted by molar-refractivity contribution is -0.125. The second-order valence-corrected chi connectivity index (χ2v) is 11.9. The van der Waals surface area contributed by atoms with E-state index >= 15 is 0 Å². The van der Waals surface area contributed by atoms with Crippen molar-refractivity contribution in [3.05, 3.63) is 59.2 Å². The molecule has 0 aromatic heterocycles. The van der Waals surface area contributed by atoms with Crippen molar-refractivity contribution in [1.29, 1.82) is 0 Å². The van der Waals surface area contributed by atoms with Crippen LogP contribution in [0.2, 0.25) is 13.1 Å². The summed E-state index contributed by atoms with van der Waals surface area (Å²) >= 11 is 0. The molecular formula is C21H29NO3Si. The maximum absolute atomic E-state index is 11.1. The minimum Gasteiger partial charge on any atom is -0.497 e. The van der Waals surface area contributed by atoms with Crippen molar-refractivity contribution in [1.82, 2.24) is 5.32 Å². The van der Waals surface area contributed by atoms with Crippen LogP contribution in [-0.4, -0.2) is 33.9 Å². The quantitative estimate of drug-likeness (QED) is 0.726. The van der Waals surface area contributed by atoms with E-state index in [9.17, 15) is 4.79 Å². The van der Waals surface area contributed by atoms with Crippen molar-refractivity contribution in [3.63, 3.8) is 0 Å². The Bertz CT molecular complexity index is 741. The summed E-state index contributed by atoms with van der Waals surface area (Å²) in [5, 5.41) is 3.95. The fourth-order valence-electron chi connectivity index (χ4n) is 2.53. The topological polar surface area (TPSA) is 47.6 Å². The van der Waals surface area contributed by atoms with Crippen molar-refractivity contribution < 1.29 is 14.3 Å². The SMILES string of the molecule is CNC(=O)COCc1ccc(OC[Si](C)(C)c2ccc(C)c(C)c2)cc1. The molecule has 0 saturated carbocycles. The van der Waals surface area contributed by atoms with E-state index in [1.807, 2.05) is 24.3 Å². The molecular weight excluding hydrogens is 342 g/mol. The van der Waals surface area contributed by atoms with Gasteiger partial charge < -0.3 is 14.8 Å². The van der Waals surface area contributed by atoms with E-state index in [0.717, 1.165) is 17.5 Å². The van der Waals surface area contributed by atoms with Crippen LogP contribution in [0, 0.1) is 13.8 Å². The van der Waals surface area contributed by atoms with Gasteiger partial charge >= 0.3 is 0 Å². The number of ether oxygens (including phenoxy) is 2. The normalized spacial score (nSPS) is 11.3. The lowest BCUT2D eigenvalue weighted by Gasteiger charge is -2.24. The van der Waals surface area contributed by atoms with E-state index in [2.05, 4.69) is 50.5 Å². The van der Waals surface area contributed by atoms with Crippen LogP contribution < -0.4 is 15.2 Å². The molecule has 1 amide bonds. The molecule has 0 aliphatic heterocycles. The van der Waals surface area contributed by atoms with Crippen LogP contribution in [0.5, 0.6) is 5.75 Å². The molecule has 0 saturated heterocycles. The van der Waals surface area contributed by atoms with Crippen LogP contribution in [-0.2, 0) is 16.1 Å². The van der Waals surface area contributed by atoms with Gasteiger partial charge in [-0.05, 0) is 42.7 Å². The van der Waals surface area contributed by atoms with Crippen molar-refractivity contribution in [2.45, 2.75) is 33.5 Å². The van der Waals surface area contributed by atoms with Gasteiger partial charge in [0.25, 0.3) is 0 Å². The van der Waals surface area contributed by atoms with Gasteiger partial charge in [-0.1, -0.05) is 48.6 Å². The van der Waals surface area contributed by atoms with E-state index in [-0.39, 0.29) is 12.5 Å². The number of benzene rings is 2. The molecule has 0 radical (unpaired) electrons. The third-order valence-corrected chi connectivity index (χ3v) is 7.33. The summed E-state index contributed by atoms with van der Waals surface area (Å²) in [6.07, 6.45) is 0.738. The predicted octanol–water partition coefficient (Wildman–Crippen LogP) is 3.10. The molecule has 2 aromatic rings. The van der Waals surface area contributed by atoms with Crippen LogP contribution in [0.4, 0.5) is 0 Å². The zero-order chi connectivity index (χ0) is 19.2. The Morgan fingerprint density at radius 2 is 1.73 bits per heavy atom. The van der Waals surface area contributed by atoms with Crippen molar-refractivity contribution in [2.75, 3.05) is 19.9 Å². The molecule has 2 aromatic carbocycles. The lowest BCUT2D eigenvalue weighted by atomic mass is 10.1. The predicted molar refractivity (Wildman–Crippen MR) is 109 cm³/mol. The van der Waals surface area contributed by atoms with Gasteiger partial charge in [0.05, 0.1) is 12.8 Å². The Labute approximate surface area is 157 Å². The monoisotopic (exact) mass is 371 g/mol. The second kappa shape index (κ2) is 9.01. The third-order valence-electron chi connectivity index (χ3n) is 4.59. The van der Waals surface area contributed by atoms with Crippen molar-refractivity contribution in [2.24, 2.45) is 0 Å². The number of rotatable bonds is 8. The molecule has 0 atom stereocenters. The zero-order valence-corrected chi connectivity index (χ0v) is 17.4. The maximum Gasteiger partial charge on any atom is 0.245 e. The second-order valence-electron chi connectivity index (χ2n) is 7.28. The highest BCUT2D eigenvalue weighted by Gasteiger charge is 2.25. The molecule has 0 aliphatic carbocycles. The summed E-state index contributed by atoms with van der Waals surface area (Å²) in [6, 6.07) is 14.6. The highest BCUT2D eigenvalue weighted by Crippen LogP contribution is 2.16. The molecule has 1 N–H and O–H groups in total. The summed E-state index contributed by atoms with van der Waals surface area (Å²) in [6.45, 7) is 9.45. The summed E-state index contributed by atoms with van der Waals surface area (Å²) in [7, 11) is -0.0615. The van der Waals surface area contributed by atoms with Crippen molar-refractivity contribution in [3.8, 4) is 5.75 Å². The van der Waals surface area contributed by atoms with Crippen LogP contribution >= 0.6 is 0 Å². The molecule has 0 unspecified atom stereocenters. The lowest BCUT2D eigenvalue weighted by Crippen LogP contribution is -2.47. The van der Waals surface area contributed by atoms with E-state index < -0.39 is 8.07 Å². The standard InChI is InChI=1S/C21H29NO3Si/c1-16-6-11-20(12-17(16)2)26(4,5)15-25-19-9-7-18(8-10-19)13-24-14-21(23)22-3/h6-12H,13-15H2,1-5H3,(H,22,23). The van der Waals surface area contributed by atoms with E-state index in [1.165, 1.54) is 16.3 Å². The smallest absolute Gasteiger partial charge is 0.245 e. The molecule has 4 nitrogen and oxygen atoms in total. The number of amides is 1. The summed E-state index contributed by atoms with van der Waals surface area (Å²) in [5.74, 6) is 0.743. The van der Waals surface area contributed by atoms with Gasteiger partial charge in [0.1, 0.15) is 20.4 Å². The Balaban J connectivity index is 1.90. The molecule has 2 rings (SSSR count). The van der Waals surface area contributed by atoms with Crippen LogP contribution in [0.1, 0.15) is 16.7 Å². The maximum atomic E-state index is 11.1. The number of nitrogens with one attached hydrogen (secondary N) is 1. The van der Waals surface area contributed by atoms with Crippen LogP contribution in [0.15, 0.2) is 42.5 Å². The first-order valence-corrected chi connectivity index (χ1v) is 12.1. The third kappa shape index (κ3) is 5.71. The average molecular weight is 372 g/mol. The summed E-state index contributed by atoms with van der Waals surface area (Å²) in [5.41, 5.74) is 3.68. The molecule has 26 heavy (non-hydrogen) atoms. The fraction of sp³-hybridized carbons (Fsp3) is 0.381. The van der Waals surface area contributed by atoms with Gasteiger partial charge in [-0.15, -0.1) is 0 Å². The molecule has 0 aliphatic rings. The number of carbonyl (C=O) groups is 1. The van der Waals surface area contributed by atoms with E-state index in [1.54, 1.807) is 7.05 Å². The molecule has 0 spiro atoms. The molecule has 140 valence electrons. The highest BCUT2D eigenvalue weighted by atomic mass is 28.3. The number of likely N-dealkylation sites (N-methyl/N-ethyl adjacent to an activating group) is 1. The van der Waals surface area contributed by atoms with Crippen molar-refractivity contribution >= 4 is 19.2 Å². The summed E-state index contributed by atoms with van der Waals surface area (Å²) in [4.78, 5) is 11.1. The van der Waals surface area contributed by atoms with Gasteiger partial charge in [-0.25, -0.2) is 0 Å². The molecule has 0 fully saturated rings. The van der Waals surface area contributed by atoms with Gasteiger partial charge in [0.15, 0.2) is 0 Å². The fourth-order valence-corrected chi connectivity index (χ4v) is 4.36. The minimum atomic E-state index is -1.66. The van der Waals surface area contributed by atoms with Gasteiger partial charge in [-0.2, -0.15) is 0 Å². The Morgan fingerprint density at radius 1 is 1.04 bits per heavy atom. The molecule has 0 heterocycles. The number of hydrogen-bond donors (Lipinski definition) is 1. The van der Waals surface area contributed by atoms with Gasteiger partial charge in [0.2, 0.25) is 5.91 Å². The number of hydrogen-bond acceptors (Lipinski definition) is 3. The van der Waals surface area contributed by atoms with E-state index in [4.69, 9.17) is 9.47 Å². The Hall–Kier alpha value is -2.11. The molecule has 5 heteroatoms. The zero-order valence-electron chi connectivity index (χ0n) is 16.4. The minimum absolute atomic E-state index is 0.0739. The Morgan fingerprint density at radius 3 is 2.35 bits per heavy atom. The first-order chi connectivity index (χ1) is 12.3. The number of aryl methyl sites for hydroxylation is 2. The Kier molecular flexibility index (Phi) is 7.00. The first-order valence-electron chi connectivity index (χ1n) is 8.89. The largest absolute Gasteiger partial charge is 0.497 e. The molecule has 0 bridgehead atoms. The average Bonchev–Trinajstić information content (AvgIpc) is 2.63. The van der Waals surface area contributed by atoms with Gasteiger partial charge in [0, 0.05) is 7.05 Å². The summed E-state index contributed by atoms with van der Waals surface area (Å²) < 4.78 is 11.4. The number of carbonyl (C=O) groups excluding carboxylic acids is 1. The van der Waals surface area contributed by atoms with E-state index in [0.29, 0.717) is 6.61 Å².